The fourth-order valence-corrected chi connectivity index (χ4v) is 4.36. The number of fused-ring (bicyclic) bond motifs is 1. The van der Waals surface area contributed by atoms with Gasteiger partial charge in [0, 0.05) is 24.2 Å². The number of carbonyl (C=O) groups is 1. The van der Waals surface area contributed by atoms with E-state index in [1.54, 1.807) is 33.8 Å². The molecule has 0 aromatic carbocycles. The van der Waals surface area contributed by atoms with Crippen LogP contribution >= 0.6 is 0 Å². The molecule has 0 aliphatic heterocycles. The fraction of sp³-hybridized carbons (Fsp3) is 0.731. The largest absolute Gasteiger partial charge is 0.460 e. The highest BCUT2D eigenvalue weighted by molar-refractivity contribution is 5.69. The number of ether oxygens (including phenoxy) is 1. The maximum atomic E-state index is 12.1. The summed E-state index contributed by atoms with van der Waals surface area (Å²) in [6, 6.07) is 0. The van der Waals surface area contributed by atoms with Crippen molar-refractivity contribution in [2.45, 2.75) is 97.3 Å². The van der Waals surface area contributed by atoms with E-state index >= 15 is 0 Å². The fourth-order valence-electron chi connectivity index (χ4n) is 4.36. The van der Waals surface area contributed by atoms with Crippen LogP contribution in [0.15, 0.2) is 23.8 Å². The van der Waals surface area contributed by atoms with Gasteiger partial charge in [-0.05, 0) is 77.5 Å². The molecule has 0 bridgehead atoms. The monoisotopic (exact) mass is 420 g/mol. The molecule has 0 aromatic heterocycles. The summed E-state index contributed by atoms with van der Waals surface area (Å²) in [6.45, 7) is 8.75. The third-order valence-electron chi connectivity index (χ3n) is 5.86. The molecule has 2 N–H and O–H groups in total. The summed E-state index contributed by atoms with van der Waals surface area (Å²) in [5, 5.41) is 21.0. The zero-order valence-corrected chi connectivity index (χ0v) is 18.9. The molecule has 0 radical (unpaired) electrons. The molecule has 0 spiro atoms. The van der Waals surface area contributed by atoms with Gasteiger partial charge in [-0.3, -0.25) is 4.79 Å². The highest BCUT2D eigenvalue weighted by atomic mass is 16.6. The van der Waals surface area contributed by atoms with Crippen molar-refractivity contribution < 1.29 is 25.2 Å². The average Bonchev–Trinajstić information content (AvgIpc) is 3.17. The number of allylic oxidation sites excluding steroid dienone is 2. The first-order chi connectivity index (χ1) is 15.6. The van der Waals surface area contributed by atoms with E-state index in [1.807, 2.05) is 13.0 Å². The minimum Gasteiger partial charge on any atom is -0.460 e. The number of carbonyl (C=O) groups excluding carboxylic acids is 1. The van der Waals surface area contributed by atoms with Crippen molar-refractivity contribution in [1.82, 2.24) is 0 Å². The lowest BCUT2D eigenvalue weighted by atomic mass is 9.89. The van der Waals surface area contributed by atoms with Gasteiger partial charge >= 0.3 is 5.97 Å². The van der Waals surface area contributed by atoms with E-state index < -0.39 is 42.9 Å². The Hall–Kier alpha value is -1.57. The van der Waals surface area contributed by atoms with Crippen molar-refractivity contribution in [3.05, 3.63) is 23.8 Å². The van der Waals surface area contributed by atoms with E-state index in [0.717, 1.165) is 5.57 Å². The minimum atomic E-state index is -2.42. The zero-order chi connectivity index (χ0) is 25.9. The molecular weight excluding hydrogens is 376 g/mol. The average molecular weight is 421 g/mol. The first-order valence-electron chi connectivity index (χ1n) is 12.9. The molecule has 2 aliphatic rings. The van der Waals surface area contributed by atoms with Crippen molar-refractivity contribution in [1.29, 1.82) is 0 Å². The molecule has 2 aliphatic carbocycles. The van der Waals surface area contributed by atoms with E-state index in [-0.39, 0.29) is 23.7 Å². The minimum absolute atomic E-state index is 0.0171. The Kier molecular flexibility index (Phi) is 7.12. The summed E-state index contributed by atoms with van der Waals surface area (Å²) in [5.74, 6) is 5.17. The lowest BCUT2D eigenvalue weighted by Crippen LogP contribution is -2.23. The Morgan fingerprint density at radius 3 is 2.80 bits per heavy atom. The molecule has 30 heavy (non-hydrogen) atoms. The molecular formula is C26H40O4. The van der Waals surface area contributed by atoms with Crippen LogP contribution in [0.3, 0.4) is 0 Å². The van der Waals surface area contributed by atoms with E-state index in [0.29, 0.717) is 25.7 Å². The second kappa shape index (κ2) is 11.2. The first-order valence-corrected chi connectivity index (χ1v) is 10.9. The smallest absolute Gasteiger partial charge is 0.306 e. The predicted molar refractivity (Wildman–Crippen MR) is 120 cm³/mol. The van der Waals surface area contributed by atoms with Gasteiger partial charge in [0.1, 0.15) is 5.60 Å². The maximum absolute atomic E-state index is 12.1. The number of hydrogen-bond acceptors (Lipinski definition) is 4. The Morgan fingerprint density at radius 1 is 1.40 bits per heavy atom. The van der Waals surface area contributed by atoms with Crippen LogP contribution < -0.4 is 0 Å². The van der Waals surface area contributed by atoms with Gasteiger partial charge < -0.3 is 14.9 Å². The Labute approximate surface area is 188 Å². The molecule has 2 fully saturated rings. The summed E-state index contributed by atoms with van der Waals surface area (Å²) >= 11 is 0. The van der Waals surface area contributed by atoms with Gasteiger partial charge in [0.15, 0.2) is 0 Å². The van der Waals surface area contributed by atoms with Gasteiger partial charge in [-0.2, -0.15) is 0 Å². The number of hydrogen-bond donors (Lipinski definition) is 2. The summed E-state index contributed by atoms with van der Waals surface area (Å²) in [7, 11) is 0. The number of aliphatic hydroxyl groups excluding tert-OH is 2. The van der Waals surface area contributed by atoms with Gasteiger partial charge in [0.25, 0.3) is 0 Å². The topological polar surface area (TPSA) is 66.8 Å². The van der Waals surface area contributed by atoms with Gasteiger partial charge in [0.2, 0.25) is 0 Å². The highest BCUT2D eigenvalue weighted by Gasteiger charge is 2.44. The molecule has 0 amide bonds. The van der Waals surface area contributed by atoms with Crippen LogP contribution in [0.2, 0.25) is 0 Å². The van der Waals surface area contributed by atoms with Gasteiger partial charge in [-0.1, -0.05) is 30.7 Å². The van der Waals surface area contributed by atoms with Crippen LogP contribution in [-0.4, -0.2) is 34.0 Å². The molecule has 1 unspecified atom stereocenters. The number of aliphatic hydroxyl groups is 2. The van der Waals surface area contributed by atoms with Gasteiger partial charge in [-0.25, -0.2) is 0 Å². The highest BCUT2D eigenvalue weighted by Crippen LogP contribution is 2.50. The molecule has 4 nitrogen and oxygen atoms in total. The van der Waals surface area contributed by atoms with Crippen LogP contribution in [0.1, 0.15) is 85.0 Å². The Balaban J connectivity index is 2.08. The SMILES string of the molecule is [2H]C([2H])(/C=C1\C[C@H]2C[C@@H](O)[C@H](/C=C/[C@@H](O)C(C)CC#CC)[C@H]2C1)C([2H])([2H])CC(=O)OC(C)(C)C. The summed E-state index contributed by atoms with van der Waals surface area (Å²) < 4.78 is 38.3. The van der Waals surface area contributed by atoms with Crippen LogP contribution in [0, 0.1) is 35.5 Å². The zero-order valence-electron chi connectivity index (χ0n) is 22.9. The number of esters is 1. The summed E-state index contributed by atoms with van der Waals surface area (Å²) in [5.41, 5.74) is 0.0461. The lowest BCUT2D eigenvalue weighted by Gasteiger charge is -2.19. The first kappa shape index (κ1) is 19.1. The molecule has 6 atom stereocenters. The van der Waals surface area contributed by atoms with E-state index in [4.69, 9.17) is 10.2 Å². The van der Waals surface area contributed by atoms with Gasteiger partial charge in [-0.15, -0.1) is 11.8 Å². The Bertz CT molecular complexity index is 847. The standard InChI is InChI=1S/C26H40O4/c1-6-7-10-18(2)23(27)14-13-21-22-16-19(15-20(22)17-24(21)28)11-8-9-12-25(29)30-26(3,4)5/h11,13-14,18,20-24,27-28H,8-10,12,15-17H2,1-5H3/b14-13+,19-11+/t18?,20-,21+,22-,23+,24+/m0/s1/i8D2,9D2. The normalized spacial score (nSPS) is 32.4. The van der Waals surface area contributed by atoms with E-state index in [2.05, 4.69) is 11.8 Å². The van der Waals surface area contributed by atoms with E-state index in [9.17, 15) is 15.0 Å². The van der Waals surface area contributed by atoms with Crippen LogP contribution in [0.5, 0.6) is 0 Å². The molecule has 0 heterocycles. The Morgan fingerprint density at radius 2 is 2.13 bits per heavy atom. The quantitative estimate of drug-likeness (QED) is 0.336. The van der Waals surface area contributed by atoms with Crippen LogP contribution in [0.25, 0.3) is 0 Å². The molecule has 0 saturated heterocycles. The summed E-state index contributed by atoms with van der Waals surface area (Å²) in [4.78, 5) is 12.1. The molecule has 0 aromatic rings. The van der Waals surface area contributed by atoms with Crippen LogP contribution in [0.4, 0.5) is 0 Å². The molecule has 2 rings (SSSR count). The molecule has 2 saturated carbocycles. The second-order valence-corrected chi connectivity index (χ2v) is 9.58. The van der Waals surface area contributed by atoms with Crippen LogP contribution in [-0.2, 0) is 9.53 Å². The third-order valence-corrected chi connectivity index (χ3v) is 5.86. The summed E-state index contributed by atoms with van der Waals surface area (Å²) in [6.07, 6.45) is 0.706. The van der Waals surface area contributed by atoms with Crippen molar-refractivity contribution in [3.8, 4) is 11.8 Å². The third kappa shape index (κ3) is 7.60. The van der Waals surface area contributed by atoms with E-state index in [1.165, 1.54) is 6.08 Å². The van der Waals surface area contributed by atoms with Crippen molar-refractivity contribution in [3.63, 3.8) is 0 Å². The van der Waals surface area contributed by atoms with Crippen molar-refractivity contribution in [2.75, 3.05) is 0 Å². The van der Waals surface area contributed by atoms with Crippen molar-refractivity contribution >= 4 is 5.97 Å². The maximum Gasteiger partial charge on any atom is 0.306 e. The predicted octanol–water partition coefficient (Wildman–Crippen LogP) is 4.80. The van der Waals surface area contributed by atoms with Crippen molar-refractivity contribution in [2.24, 2.45) is 23.7 Å². The molecule has 168 valence electrons. The second-order valence-electron chi connectivity index (χ2n) is 9.58. The van der Waals surface area contributed by atoms with Gasteiger partial charge in [0.05, 0.1) is 12.2 Å². The molecule has 4 heteroatoms. The lowest BCUT2D eigenvalue weighted by molar-refractivity contribution is -0.154. The number of rotatable bonds is 8.